The molecule has 0 radical (unpaired) electrons. The van der Waals surface area contributed by atoms with Gasteiger partial charge in [-0.2, -0.15) is 0 Å². The number of pyridine rings is 2. The van der Waals surface area contributed by atoms with E-state index in [0.29, 0.717) is 0 Å². The molecule has 0 atom stereocenters. The molecule has 51 heavy (non-hydrogen) atoms. The molecule has 2 aliphatic heterocycles. The SMILES string of the molecule is Brc1ccc(CN2CCOCC2)nc1.Nc1ccc(-c2ccc(C[NH+]3CCOCC3)nc2)c2ccccc12.Nc1ccc(Br)c2ccccc12.[Cl-]. The lowest BCUT2D eigenvalue weighted by Crippen LogP contribution is -3.12. The molecule has 0 spiro atoms. The molecule has 4 heterocycles. The van der Waals surface area contributed by atoms with Crippen LogP contribution < -0.4 is 28.8 Å². The summed E-state index contributed by atoms with van der Waals surface area (Å²) in [5.41, 5.74) is 18.1. The number of nitrogens with one attached hydrogen (secondary N) is 1. The van der Waals surface area contributed by atoms with Crippen LogP contribution in [0.25, 0.3) is 32.7 Å². The van der Waals surface area contributed by atoms with Crippen molar-refractivity contribution in [1.29, 1.82) is 0 Å². The fourth-order valence-electron chi connectivity index (χ4n) is 6.13. The number of halogens is 3. The van der Waals surface area contributed by atoms with Crippen molar-refractivity contribution in [2.24, 2.45) is 0 Å². The Morgan fingerprint density at radius 1 is 0.627 bits per heavy atom. The fourth-order valence-corrected chi connectivity index (χ4v) is 6.84. The van der Waals surface area contributed by atoms with E-state index in [4.69, 9.17) is 20.9 Å². The van der Waals surface area contributed by atoms with Crippen LogP contribution in [-0.2, 0) is 22.6 Å². The largest absolute Gasteiger partial charge is 1.00 e. The molecular weight excluding hydrogens is 792 g/mol. The number of aromatic nitrogens is 2. The molecule has 0 aliphatic carbocycles. The highest BCUT2D eigenvalue weighted by atomic mass is 79.9. The lowest BCUT2D eigenvalue weighted by molar-refractivity contribution is -0.921. The van der Waals surface area contributed by atoms with E-state index in [-0.39, 0.29) is 12.4 Å². The van der Waals surface area contributed by atoms with E-state index in [9.17, 15) is 0 Å². The minimum Gasteiger partial charge on any atom is -1.00 e. The van der Waals surface area contributed by atoms with E-state index >= 15 is 0 Å². The van der Waals surface area contributed by atoms with Crippen LogP contribution in [-0.4, -0.2) is 67.5 Å². The second-order valence-electron chi connectivity index (χ2n) is 12.4. The van der Waals surface area contributed by atoms with Crippen molar-refractivity contribution in [3.05, 3.63) is 130 Å². The Morgan fingerprint density at radius 2 is 1.22 bits per heavy atom. The number of hydrogen-bond donors (Lipinski definition) is 3. The summed E-state index contributed by atoms with van der Waals surface area (Å²) >= 11 is 6.85. The summed E-state index contributed by atoms with van der Waals surface area (Å²) in [5.74, 6) is 0. The van der Waals surface area contributed by atoms with E-state index in [2.05, 4.69) is 95.3 Å². The molecule has 2 aromatic heterocycles. The zero-order chi connectivity index (χ0) is 34.7. The van der Waals surface area contributed by atoms with Crippen LogP contribution >= 0.6 is 31.9 Å². The van der Waals surface area contributed by atoms with Gasteiger partial charge in [0.25, 0.3) is 0 Å². The van der Waals surface area contributed by atoms with Crippen LogP contribution in [0.1, 0.15) is 11.4 Å². The summed E-state index contributed by atoms with van der Waals surface area (Å²) in [4.78, 5) is 12.9. The Balaban J connectivity index is 0.000000159. The molecule has 11 heteroatoms. The van der Waals surface area contributed by atoms with E-state index in [0.717, 1.165) is 119 Å². The van der Waals surface area contributed by atoms with Crippen LogP contribution in [0.2, 0.25) is 0 Å². The monoisotopic (exact) mass is 832 g/mol. The van der Waals surface area contributed by atoms with Gasteiger partial charge in [0.2, 0.25) is 0 Å². The molecule has 0 amide bonds. The number of nitrogens with zero attached hydrogens (tertiary/aromatic N) is 3. The quantitative estimate of drug-likeness (QED) is 0.228. The number of fused-ring (bicyclic) bond motifs is 2. The lowest BCUT2D eigenvalue weighted by Gasteiger charge is -2.26. The molecule has 8 rings (SSSR count). The molecule has 4 aromatic carbocycles. The summed E-state index contributed by atoms with van der Waals surface area (Å²) in [5, 5.41) is 4.53. The maximum Gasteiger partial charge on any atom is 0.120 e. The molecule has 0 saturated carbocycles. The molecule has 2 aliphatic rings. The number of morpholine rings is 2. The number of nitrogen functional groups attached to an aromatic ring is 2. The average Bonchev–Trinajstić information content (AvgIpc) is 3.16. The van der Waals surface area contributed by atoms with Crippen molar-refractivity contribution in [2.75, 3.05) is 64.1 Å². The normalized spacial score (nSPS) is 14.9. The Morgan fingerprint density at radius 3 is 1.84 bits per heavy atom. The first-order valence-corrected chi connectivity index (χ1v) is 18.5. The summed E-state index contributed by atoms with van der Waals surface area (Å²) in [6.45, 7) is 9.43. The van der Waals surface area contributed by atoms with Crippen molar-refractivity contribution in [3.8, 4) is 11.1 Å². The Kier molecular flexibility index (Phi) is 14.6. The molecular formula is C40H43Br2ClN6O2. The fraction of sp³-hybridized carbons (Fsp3) is 0.250. The second-order valence-corrected chi connectivity index (χ2v) is 14.1. The van der Waals surface area contributed by atoms with Gasteiger partial charge in [-0.1, -0.05) is 76.6 Å². The smallest absolute Gasteiger partial charge is 0.120 e. The van der Waals surface area contributed by atoms with Crippen LogP contribution in [0, 0.1) is 0 Å². The van der Waals surface area contributed by atoms with Gasteiger partial charge in [-0.05, 0) is 68.7 Å². The third-order valence-electron chi connectivity index (χ3n) is 8.91. The molecule has 8 nitrogen and oxygen atoms in total. The standard InChI is InChI=1S/C20H21N3O.C10H13BrN2O.C10H8BrN.ClH/c21-20-8-7-17(18-3-1-2-4-19(18)20)15-5-6-16(22-13-15)14-23-9-11-24-12-10-23;11-9-1-2-10(12-7-9)8-13-3-5-14-6-4-13;11-9-5-6-10(12)8-4-2-1-3-7(8)9;/h1-8,13H,9-12,14,21H2;1-2,7H,3-6,8H2;1-6H,12H2;1H. The molecule has 266 valence electrons. The predicted molar refractivity (Wildman–Crippen MR) is 211 cm³/mol. The van der Waals surface area contributed by atoms with Gasteiger partial charge in [-0.25, -0.2) is 0 Å². The third kappa shape index (κ3) is 10.7. The van der Waals surface area contributed by atoms with E-state index in [1.165, 1.54) is 10.9 Å². The molecule has 0 bridgehead atoms. The summed E-state index contributed by atoms with van der Waals surface area (Å²) in [7, 11) is 0. The zero-order valence-corrected chi connectivity index (χ0v) is 32.3. The topological polar surface area (TPSA) is 104 Å². The van der Waals surface area contributed by atoms with Gasteiger partial charge in [0.1, 0.15) is 19.6 Å². The van der Waals surface area contributed by atoms with Crippen molar-refractivity contribution < 1.29 is 26.8 Å². The van der Waals surface area contributed by atoms with Gasteiger partial charge in [0.05, 0.1) is 37.8 Å². The van der Waals surface area contributed by atoms with E-state index in [1.54, 1.807) is 4.90 Å². The maximum absolute atomic E-state index is 6.10. The molecule has 2 saturated heterocycles. The highest BCUT2D eigenvalue weighted by Crippen LogP contribution is 2.32. The number of nitrogens with two attached hydrogens (primary N) is 2. The van der Waals surface area contributed by atoms with Gasteiger partial charge in [-0.15, -0.1) is 0 Å². The average molecular weight is 835 g/mol. The van der Waals surface area contributed by atoms with E-state index in [1.807, 2.05) is 60.9 Å². The first-order chi connectivity index (χ1) is 24.4. The second kappa shape index (κ2) is 19.3. The maximum atomic E-state index is 6.10. The van der Waals surface area contributed by atoms with Gasteiger partial charge in [0, 0.05) is 68.7 Å². The molecule has 6 aromatic rings. The summed E-state index contributed by atoms with van der Waals surface area (Å²) in [6.07, 6.45) is 3.82. The number of rotatable bonds is 5. The zero-order valence-electron chi connectivity index (χ0n) is 28.4. The van der Waals surface area contributed by atoms with Crippen molar-refractivity contribution in [2.45, 2.75) is 13.1 Å². The number of benzene rings is 4. The van der Waals surface area contributed by atoms with Crippen molar-refractivity contribution in [3.63, 3.8) is 0 Å². The number of anilines is 2. The van der Waals surface area contributed by atoms with Gasteiger partial charge in [0.15, 0.2) is 0 Å². The summed E-state index contributed by atoms with van der Waals surface area (Å²) in [6, 6.07) is 32.7. The van der Waals surface area contributed by atoms with Crippen LogP contribution in [0.5, 0.6) is 0 Å². The number of ether oxygens (including phenoxy) is 2. The van der Waals surface area contributed by atoms with Crippen LogP contribution in [0.4, 0.5) is 11.4 Å². The lowest BCUT2D eigenvalue weighted by atomic mass is 9.98. The predicted octanol–water partition coefficient (Wildman–Crippen LogP) is 3.76. The van der Waals surface area contributed by atoms with Crippen molar-refractivity contribution in [1.82, 2.24) is 14.9 Å². The number of quaternary nitrogens is 1. The number of hydrogen-bond acceptors (Lipinski definition) is 7. The van der Waals surface area contributed by atoms with Crippen molar-refractivity contribution >= 4 is 64.8 Å². The Labute approximate surface area is 322 Å². The molecule has 2 fully saturated rings. The summed E-state index contributed by atoms with van der Waals surface area (Å²) < 4.78 is 12.8. The van der Waals surface area contributed by atoms with Crippen LogP contribution in [0.15, 0.2) is 118 Å². The van der Waals surface area contributed by atoms with Gasteiger partial charge >= 0.3 is 0 Å². The van der Waals surface area contributed by atoms with Gasteiger partial charge < -0.3 is 38.2 Å². The minimum atomic E-state index is 0. The Bertz CT molecular complexity index is 1950. The van der Waals surface area contributed by atoms with E-state index < -0.39 is 0 Å². The minimum absolute atomic E-state index is 0. The highest BCUT2D eigenvalue weighted by Gasteiger charge is 2.15. The first kappa shape index (κ1) is 38.6. The highest BCUT2D eigenvalue weighted by molar-refractivity contribution is 9.11. The third-order valence-corrected chi connectivity index (χ3v) is 10.1. The van der Waals surface area contributed by atoms with Gasteiger partial charge in [-0.3, -0.25) is 14.9 Å². The Hall–Kier alpha value is -3.61. The first-order valence-electron chi connectivity index (χ1n) is 16.9. The molecule has 0 unspecified atom stereocenters. The molecule has 5 N–H and O–H groups in total. The van der Waals surface area contributed by atoms with Crippen LogP contribution in [0.3, 0.4) is 0 Å².